The summed E-state index contributed by atoms with van der Waals surface area (Å²) in [5.74, 6) is 0.853. The summed E-state index contributed by atoms with van der Waals surface area (Å²) in [7, 11) is 0. The van der Waals surface area contributed by atoms with Crippen LogP contribution in [-0.2, 0) is 0 Å². The summed E-state index contributed by atoms with van der Waals surface area (Å²) in [4.78, 5) is 24.3. The number of rotatable bonds is 4. The molecule has 0 fully saturated rings. The first kappa shape index (κ1) is 14.1. The molecular weight excluding hydrogens is 258 g/mol. The van der Waals surface area contributed by atoms with Gasteiger partial charge in [-0.3, -0.25) is 9.78 Å². The minimum Gasteiger partial charge on any atom is -0.339 e. The summed E-state index contributed by atoms with van der Waals surface area (Å²) < 4.78 is 5.13. The first-order chi connectivity index (χ1) is 9.47. The lowest BCUT2D eigenvalue weighted by Gasteiger charge is -2.08. The van der Waals surface area contributed by atoms with Crippen molar-refractivity contribution in [2.45, 2.75) is 39.7 Å². The van der Waals surface area contributed by atoms with Crippen LogP contribution in [0.2, 0.25) is 0 Å². The van der Waals surface area contributed by atoms with E-state index in [-0.39, 0.29) is 23.6 Å². The predicted octanol–water partition coefficient (Wildman–Crippen LogP) is 1.78. The average molecular weight is 275 g/mol. The highest BCUT2D eigenvalue weighted by atomic mass is 16.5. The predicted molar refractivity (Wildman–Crippen MR) is 71.0 cm³/mol. The largest absolute Gasteiger partial charge is 0.339 e. The van der Waals surface area contributed by atoms with Crippen LogP contribution in [0.3, 0.4) is 0 Å². The Hall–Kier alpha value is -2.31. The molecule has 7 heteroatoms. The van der Waals surface area contributed by atoms with Crippen molar-refractivity contribution in [3.63, 3.8) is 0 Å². The fraction of sp³-hybridized carbons (Fsp3) is 0.462. The summed E-state index contributed by atoms with van der Waals surface area (Å²) in [5, 5.41) is 6.61. The number of nitrogens with zero attached hydrogens (tertiary/aromatic N) is 4. The molecule has 2 heterocycles. The van der Waals surface area contributed by atoms with Crippen molar-refractivity contribution in [3.05, 3.63) is 35.5 Å². The van der Waals surface area contributed by atoms with Crippen molar-refractivity contribution in [1.29, 1.82) is 0 Å². The van der Waals surface area contributed by atoms with Crippen molar-refractivity contribution in [2.24, 2.45) is 0 Å². The molecule has 0 saturated heterocycles. The minimum absolute atomic E-state index is 0.179. The monoisotopic (exact) mass is 275 g/mol. The van der Waals surface area contributed by atoms with Gasteiger partial charge < -0.3 is 9.84 Å². The van der Waals surface area contributed by atoms with Crippen LogP contribution in [-0.4, -0.2) is 26.0 Å². The molecule has 1 N–H and O–H groups in total. The van der Waals surface area contributed by atoms with E-state index in [2.05, 4.69) is 25.4 Å². The van der Waals surface area contributed by atoms with E-state index in [1.807, 2.05) is 20.8 Å². The second-order valence-corrected chi connectivity index (χ2v) is 4.88. The van der Waals surface area contributed by atoms with Crippen LogP contribution in [0.25, 0.3) is 0 Å². The SMILES string of the molecule is Cc1cnc(C(=O)NC(C)c2nc(C(C)C)no2)cn1. The summed E-state index contributed by atoms with van der Waals surface area (Å²) in [6, 6.07) is -0.384. The standard InChI is InChI=1S/C13H17N5O2/c1-7(2)11-17-13(20-18-11)9(4)16-12(19)10-6-14-8(3)5-15-10/h5-7,9H,1-4H3,(H,16,19). The Bertz CT molecular complexity index is 591. The Morgan fingerprint density at radius 3 is 2.55 bits per heavy atom. The van der Waals surface area contributed by atoms with Crippen LogP contribution in [0.1, 0.15) is 60.6 Å². The molecule has 0 aromatic carbocycles. The zero-order chi connectivity index (χ0) is 14.7. The Morgan fingerprint density at radius 2 is 2.00 bits per heavy atom. The quantitative estimate of drug-likeness (QED) is 0.914. The van der Waals surface area contributed by atoms with Crippen molar-refractivity contribution in [1.82, 2.24) is 25.4 Å². The van der Waals surface area contributed by atoms with Gasteiger partial charge in [-0.25, -0.2) is 4.98 Å². The topological polar surface area (TPSA) is 93.8 Å². The van der Waals surface area contributed by atoms with E-state index in [0.717, 1.165) is 5.69 Å². The van der Waals surface area contributed by atoms with E-state index >= 15 is 0 Å². The van der Waals surface area contributed by atoms with Crippen LogP contribution in [0.5, 0.6) is 0 Å². The van der Waals surface area contributed by atoms with Gasteiger partial charge in [0.25, 0.3) is 5.91 Å². The molecule has 2 aromatic heterocycles. The highest BCUT2D eigenvalue weighted by molar-refractivity contribution is 5.92. The zero-order valence-corrected chi connectivity index (χ0v) is 11.9. The van der Waals surface area contributed by atoms with Gasteiger partial charge in [-0.2, -0.15) is 4.98 Å². The summed E-state index contributed by atoms with van der Waals surface area (Å²) in [6.07, 6.45) is 2.98. The van der Waals surface area contributed by atoms with Gasteiger partial charge in [0.2, 0.25) is 5.89 Å². The van der Waals surface area contributed by atoms with Gasteiger partial charge in [0, 0.05) is 12.1 Å². The second kappa shape index (κ2) is 5.77. The number of carbonyl (C=O) groups is 1. The molecule has 106 valence electrons. The number of amides is 1. The number of carbonyl (C=O) groups excluding carboxylic acids is 1. The maximum Gasteiger partial charge on any atom is 0.272 e. The maximum atomic E-state index is 12.0. The molecule has 20 heavy (non-hydrogen) atoms. The van der Waals surface area contributed by atoms with E-state index < -0.39 is 0 Å². The smallest absolute Gasteiger partial charge is 0.272 e. The zero-order valence-electron chi connectivity index (χ0n) is 11.9. The Kier molecular flexibility index (Phi) is 4.07. The molecular formula is C13H17N5O2. The van der Waals surface area contributed by atoms with Crippen LogP contribution in [0, 0.1) is 6.92 Å². The van der Waals surface area contributed by atoms with Gasteiger partial charge >= 0.3 is 0 Å². The maximum absolute atomic E-state index is 12.0. The first-order valence-corrected chi connectivity index (χ1v) is 6.40. The van der Waals surface area contributed by atoms with Gasteiger partial charge in [0.05, 0.1) is 11.9 Å². The van der Waals surface area contributed by atoms with Crippen LogP contribution in [0.4, 0.5) is 0 Å². The molecule has 0 saturated carbocycles. The van der Waals surface area contributed by atoms with Crippen molar-refractivity contribution in [2.75, 3.05) is 0 Å². The Labute approximate surface area is 116 Å². The number of aryl methyl sites for hydroxylation is 1. The van der Waals surface area contributed by atoms with Crippen molar-refractivity contribution in [3.8, 4) is 0 Å². The first-order valence-electron chi connectivity index (χ1n) is 6.40. The highest BCUT2D eigenvalue weighted by Gasteiger charge is 2.19. The number of aromatic nitrogens is 4. The van der Waals surface area contributed by atoms with Crippen LogP contribution >= 0.6 is 0 Å². The average Bonchev–Trinajstić information content (AvgIpc) is 2.89. The minimum atomic E-state index is -0.384. The van der Waals surface area contributed by atoms with Crippen LogP contribution < -0.4 is 5.32 Å². The molecule has 1 unspecified atom stereocenters. The fourth-order valence-electron chi connectivity index (χ4n) is 1.50. The molecule has 1 amide bonds. The van der Waals surface area contributed by atoms with Crippen LogP contribution in [0.15, 0.2) is 16.9 Å². The normalized spacial score (nSPS) is 12.4. The molecule has 0 aliphatic carbocycles. The second-order valence-electron chi connectivity index (χ2n) is 4.88. The van der Waals surface area contributed by atoms with Gasteiger partial charge in [-0.15, -0.1) is 0 Å². The summed E-state index contributed by atoms with van der Waals surface area (Å²) >= 11 is 0. The summed E-state index contributed by atoms with van der Waals surface area (Å²) in [6.45, 7) is 7.53. The van der Waals surface area contributed by atoms with E-state index in [1.165, 1.54) is 6.20 Å². The third kappa shape index (κ3) is 3.17. The molecule has 7 nitrogen and oxygen atoms in total. The molecule has 0 bridgehead atoms. The summed E-state index contributed by atoms with van der Waals surface area (Å²) in [5.41, 5.74) is 1.01. The van der Waals surface area contributed by atoms with Gasteiger partial charge in [0.15, 0.2) is 5.82 Å². The lowest BCUT2D eigenvalue weighted by Crippen LogP contribution is -2.27. The number of nitrogens with one attached hydrogen (secondary N) is 1. The molecule has 1 atom stereocenters. The van der Waals surface area contributed by atoms with E-state index in [9.17, 15) is 4.79 Å². The molecule has 0 aliphatic rings. The fourth-order valence-corrected chi connectivity index (χ4v) is 1.50. The lowest BCUT2D eigenvalue weighted by molar-refractivity contribution is 0.0927. The van der Waals surface area contributed by atoms with Gasteiger partial charge in [-0.1, -0.05) is 19.0 Å². The Morgan fingerprint density at radius 1 is 1.25 bits per heavy atom. The highest BCUT2D eigenvalue weighted by Crippen LogP contribution is 2.15. The van der Waals surface area contributed by atoms with E-state index in [0.29, 0.717) is 11.7 Å². The molecule has 0 spiro atoms. The molecule has 0 radical (unpaired) electrons. The third-order valence-corrected chi connectivity index (χ3v) is 2.71. The van der Waals surface area contributed by atoms with E-state index in [1.54, 1.807) is 13.1 Å². The van der Waals surface area contributed by atoms with Crippen molar-refractivity contribution >= 4 is 5.91 Å². The van der Waals surface area contributed by atoms with Gasteiger partial charge in [-0.05, 0) is 13.8 Å². The Balaban J connectivity index is 2.04. The van der Waals surface area contributed by atoms with Crippen molar-refractivity contribution < 1.29 is 9.32 Å². The number of hydrogen-bond acceptors (Lipinski definition) is 6. The third-order valence-electron chi connectivity index (χ3n) is 2.71. The molecule has 2 rings (SSSR count). The number of hydrogen-bond donors (Lipinski definition) is 1. The lowest BCUT2D eigenvalue weighted by atomic mass is 10.2. The molecule has 0 aliphatic heterocycles. The molecule has 2 aromatic rings. The van der Waals surface area contributed by atoms with Gasteiger partial charge in [0.1, 0.15) is 11.7 Å². The van der Waals surface area contributed by atoms with E-state index in [4.69, 9.17) is 4.52 Å².